The molecule has 1 aliphatic rings. The number of aromatic amines is 1. The summed E-state index contributed by atoms with van der Waals surface area (Å²) in [7, 11) is 0. The lowest BCUT2D eigenvalue weighted by molar-refractivity contribution is -0.131. The topological polar surface area (TPSA) is 95.2 Å². The Labute approximate surface area is 185 Å². The first kappa shape index (κ1) is 22.8. The van der Waals surface area contributed by atoms with Crippen molar-refractivity contribution in [3.63, 3.8) is 0 Å². The third-order valence-corrected chi connectivity index (χ3v) is 7.78. The van der Waals surface area contributed by atoms with Gasteiger partial charge in [-0.2, -0.15) is 0 Å². The van der Waals surface area contributed by atoms with Crippen LogP contribution in [0.5, 0.6) is 0 Å². The molecule has 2 aromatic rings. The van der Waals surface area contributed by atoms with Crippen molar-refractivity contribution in [3.8, 4) is 0 Å². The molecule has 0 aliphatic carbocycles. The molecular formula is C21H30N4O3S2. The van der Waals surface area contributed by atoms with Crippen molar-refractivity contribution in [1.82, 2.24) is 20.2 Å². The van der Waals surface area contributed by atoms with Crippen LogP contribution in [-0.4, -0.2) is 51.6 Å². The second-order valence-corrected chi connectivity index (χ2v) is 10.3. The maximum absolute atomic E-state index is 12.4. The van der Waals surface area contributed by atoms with E-state index in [9.17, 15) is 14.4 Å². The van der Waals surface area contributed by atoms with Gasteiger partial charge in [0.2, 0.25) is 11.8 Å². The lowest BCUT2D eigenvalue weighted by Crippen LogP contribution is -2.37. The maximum Gasteiger partial charge on any atom is 0.259 e. The van der Waals surface area contributed by atoms with Gasteiger partial charge >= 0.3 is 0 Å². The first-order chi connectivity index (χ1) is 14.4. The van der Waals surface area contributed by atoms with Crippen LogP contribution in [-0.2, 0) is 15.3 Å². The Hall–Kier alpha value is -1.87. The number of hydrogen-bond acceptors (Lipinski definition) is 6. The Morgan fingerprint density at radius 2 is 1.93 bits per heavy atom. The Morgan fingerprint density at radius 1 is 1.23 bits per heavy atom. The maximum atomic E-state index is 12.4. The largest absolute Gasteiger partial charge is 0.355 e. The molecule has 2 N–H and O–H groups in total. The number of carbonyl (C=O) groups excluding carboxylic acids is 2. The van der Waals surface area contributed by atoms with E-state index in [1.54, 1.807) is 0 Å². The van der Waals surface area contributed by atoms with Gasteiger partial charge in [-0.1, -0.05) is 12.8 Å². The summed E-state index contributed by atoms with van der Waals surface area (Å²) in [6, 6.07) is 0. The average molecular weight is 451 g/mol. The standard InChI is InChI=1S/C21H30N4O3S2/c1-13-14(2)30-21-18(13)20(28)23-16(24-21)12-29-15(3)19(27)22-9-8-17(26)25-10-6-4-5-7-11-25/h15H,4-12H2,1-3H3,(H,22,27)(H,23,24,28). The third kappa shape index (κ3) is 5.63. The number of fused-ring (bicyclic) bond motifs is 1. The fourth-order valence-corrected chi connectivity index (χ4v) is 5.39. The molecule has 1 fully saturated rings. The molecule has 1 saturated heterocycles. The fraction of sp³-hybridized carbons (Fsp3) is 0.619. The van der Waals surface area contributed by atoms with E-state index in [-0.39, 0.29) is 22.6 Å². The molecule has 2 aromatic heterocycles. The quantitative estimate of drug-likeness (QED) is 0.676. The minimum atomic E-state index is -0.300. The molecule has 0 spiro atoms. The molecule has 30 heavy (non-hydrogen) atoms. The van der Waals surface area contributed by atoms with E-state index >= 15 is 0 Å². The van der Waals surface area contributed by atoms with Crippen LogP contribution in [0.25, 0.3) is 10.2 Å². The van der Waals surface area contributed by atoms with Gasteiger partial charge < -0.3 is 15.2 Å². The highest BCUT2D eigenvalue weighted by atomic mass is 32.2. The molecule has 9 heteroatoms. The average Bonchev–Trinajstić information content (AvgIpc) is 2.90. The molecule has 164 valence electrons. The Bertz CT molecular complexity index is 961. The first-order valence-electron chi connectivity index (χ1n) is 10.5. The van der Waals surface area contributed by atoms with Gasteiger partial charge in [0, 0.05) is 30.9 Å². The monoisotopic (exact) mass is 450 g/mol. The summed E-state index contributed by atoms with van der Waals surface area (Å²) >= 11 is 2.94. The highest BCUT2D eigenvalue weighted by Gasteiger charge is 2.18. The van der Waals surface area contributed by atoms with Crippen molar-refractivity contribution in [2.75, 3.05) is 19.6 Å². The first-order valence-corrected chi connectivity index (χ1v) is 12.4. The van der Waals surface area contributed by atoms with Crippen molar-refractivity contribution in [2.45, 2.75) is 63.9 Å². The fourth-order valence-electron chi connectivity index (χ4n) is 3.56. The molecule has 1 aliphatic heterocycles. The van der Waals surface area contributed by atoms with Gasteiger partial charge in [0.05, 0.1) is 16.4 Å². The van der Waals surface area contributed by atoms with Gasteiger partial charge in [0.15, 0.2) is 0 Å². The molecule has 7 nitrogen and oxygen atoms in total. The lowest BCUT2D eigenvalue weighted by Gasteiger charge is -2.20. The molecule has 3 heterocycles. The molecule has 3 rings (SSSR count). The smallest absolute Gasteiger partial charge is 0.259 e. The second-order valence-electron chi connectivity index (χ2n) is 7.77. The van der Waals surface area contributed by atoms with Gasteiger partial charge in [0.25, 0.3) is 5.56 Å². The number of carbonyl (C=O) groups is 2. The lowest BCUT2D eigenvalue weighted by atomic mass is 10.2. The number of thiophene rings is 1. The number of hydrogen-bond donors (Lipinski definition) is 2. The number of nitrogens with one attached hydrogen (secondary N) is 2. The predicted molar refractivity (Wildman–Crippen MR) is 123 cm³/mol. The second kappa shape index (κ2) is 10.4. The normalized spacial score (nSPS) is 15.8. The van der Waals surface area contributed by atoms with E-state index in [1.807, 2.05) is 25.7 Å². The van der Waals surface area contributed by atoms with Crippen molar-refractivity contribution < 1.29 is 9.59 Å². The van der Waals surface area contributed by atoms with E-state index in [1.165, 1.54) is 35.9 Å². The number of likely N-dealkylation sites (tertiary alicyclic amines) is 1. The van der Waals surface area contributed by atoms with Gasteiger partial charge in [-0.25, -0.2) is 4.98 Å². The number of aryl methyl sites for hydroxylation is 2. The van der Waals surface area contributed by atoms with Crippen molar-refractivity contribution in [2.24, 2.45) is 0 Å². The summed E-state index contributed by atoms with van der Waals surface area (Å²) in [4.78, 5) is 48.2. The van der Waals surface area contributed by atoms with E-state index in [0.717, 1.165) is 41.2 Å². The number of aromatic nitrogens is 2. The van der Waals surface area contributed by atoms with Gasteiger partial charge in [0.1, 0.15) is 10.7 Å². The molecule has 0 saturated carbocycles. The highest BCUT2D eigenvalue weighted by Crippen LogP contribution is 2.26. The Balaban J connectivity index is 1.46. The van der Waals surface area contributed by atoms with Gasteiger partial charge in [-0.15, -0.1) is 23.1 Å². The summed E-state index contributed by atoms with van der Waals surface area (Å²) in [5.41, 5.74) is 0.854. The van der Waals surface area contributed by atoms with Gasteiger partial charge in [-0.05, 0) is 39.2 Å². The van der Waals surface area contributed by atoms with Crippen LogP contribution < -0.4 is 10.9 Å². The third-order valence-electron chi connectivity index (χ3n) is 5.52. The van der Waals surface area contributed by atoms with Crippen molar-refractivity contribution >= 4 is 45.1 Å². The van der Waals surface area contributed by atoms with Crippen LogP contribution in [0.3, 0.4) is 0 Å². The van der Waals surface area contributed by atoms with Crippen LogP contribution in [0, 0.1) is 13.8 Å². The molecule has 1 unspecified atom stereocenters. The number of thioether (sulfide) groups is 1. The van der Waals surface area contributed by atoms with E-state index in [0.29, 0.717) is 29.9 Å². The zero-order valence-corrected chi connectivity index (χ0v) is 19.5. The summed E-state index contributed by atoms with van der Waals surface area (Å²) in [5.74, 6) is 1.04. The molecule has 0 bridgehead atoms. The molecule has 0 aromatic carbocycles. The minimum Gasteiger partial charge on any atom is -0.355 e. The minimum absolute atomic E-state index is 0.102. The number of amides is 2. The highest BCUT2D eigenvalue weighted by molar-refractivity contribution is 7.99. The predicted octanol–water partition coefficient (Wildman–Crippen LogP) is 3.13. The zero-order valence-electron chi connectivity index (χ0n) is 17.9. The summed E-state index contributed by atoms with van der Waals surface area (Å²) in [5, 5.41) is 3.22. The Kier molecular flexibility index (Phi) is 7.93. The molecule has 0 radical (unpaired) electrons. The van der Waals surface area contributed by atoms with E-state index in [4.69, 9.17) is 0 Å². The Morgan fingerprint density at radius 3 is 2.63 bits per heavy atom. The van der Waals surface area contributed by atoms with Gasteiger partial charge in [-0.3, -0.25) is 14.4 Å². The van der Waals surface area contributed by atoms with Crippen LogP contribution in [0.15, 0.2) is 4.79 Å². The van der Waals surface area contributed by atoms with E-state index < -0.39 is 0 Å². The summed E-state index contributed by atoms with van der Waals surface area (Å²) in [6.45, 7) is 7.76. The van der Waals surface area contributed by atoms with Crippen LogP contribution in [0.2, 0.25) is 0 Å². The summed E-state index contributed by atoms with van der Waals surface area (Å²) < 4.78 is 0. The summed E-state index contributed by atoms with van der Waals surface area (Å²) in [6.07, 6.45) is 4.85. The number of H-pyrrole nitrogens is 1. The van der Waals surface area contributed by atoms with Crippen LogP contribution in [0.1, 0.15) is 55.3 Å². The molecule has 2 amide bonds. The number of nitrogens with zero attached hydrogens (tertiary/aromatic N) is 2. The van der Waals surface area contributed by atoms with E-state index in [2.05, 4.69) is 15.3 Å². The SMILES string of the molecule is Cc1sc2nc(CSC(C)C(=O)NCCC(=O)N3CCCCCC3)[nH]c(=O)c2c1C. The van der Waals surface area contributed by atoms with Crippen LogP contribution in [0.4, 0.5) is 0 Å². The number of rotatable bonds is 7. The molecular weight excluding hydrogens is 420 g/mol. The van der Waals surface area contributed by atoms with Crippen molar-refractivity contribution in [1.29, 1.82) is 0 Å². The zero-order chi connectivity index (χ0) is 21.7. The van der Waals surface area contributed by atoms with Crippen LogP contribution >= 0.6 is 23.1 Å². The molecule has 1 atom stereocenters. The van der Waals surface area contributed by atoms with Crippen molar-refractivity contribution in [3.05, 3.63) is 26.6 Å².